The number of anilines is 1. The quantitative estimate of drug-likeness (QED) is 0.498. The number of carbonyl (C=O) groups excluding carboxylic acids is 3. The Bertz CT molecular complexity index is 1050. The van der Waals surface area contributed by atoms with Gasteiger partial charge in [-0.2, -0.15) is 0 Å². The van der Waals surface area contributed by atoms with Crippen molar-refractivity contribution in [3.63, 3.8) is 0 Å². The van der Waals surface area contributed by atoms with Gasteiger partial charge in [0.05, 0.1) is 19.1 Å². The summed E-state index contributed by atoms with van der Waals surface area (Å²) in [5, 5.41) is 0. The number of hydrogen-bond donors (Lipinski definition) is 1. The van der Waals surface area contributed by atoms with Gasteiger partial charge in [-0.1, -0.05) is 19.3 Å². The van der Waals surface area contributed by atoms with Gasteiger partial charge in [0.25, 0.3) is 0 Å². The van der Waals surface area contributed by atoms with Crippen molar-refractivity contribution >= 4 is 23.3 Å². The minimum atomic E-state index is -0.645. The molecule has 2 N–H and O–H groups in total. The van der Waals surface area contributed by atoms with Crippen molar-refractivity contribution in [3.8, 4) is 0 Å². The highest BCUT2D eigenvalue weighted by atomic mass is 16.5. The van der Waals surface area contributed by atoms with E-state index in [0.717, 1.165) is 70.5 Å². The molecular formula is C29H42N4O6. The number of rotatable bonds is 9. The zero-order valence-corrected chi connectivity index (χ0v) is 23.2. The molecular weight excluding hydrogens is 500 g/mol. The summed E-state index contributed by atoms with van der Waals surface area (Å²) in [5.41, 5.74) is 7.95. The predicted octanol–water partition coefficient (Wildman–Crippen LogP) is 1.41. The van der Waals surface area contributed by atoms with E-state index >= 15 is 0 Å². The molecule has 0 aromatic heterocycles. The molecule has 0 radical (unpaired) electrons. The maximum atomic E-state index is 14.5. The Morgan fingerprint density at radius 1 is 1.10 bits per heavy atom. The maximum Gasteiger partial charge on any atom is 0.249 e. The Kier molecular flexibility index (Phi) is 8.86. The van der Waals surface area contributed by atoms with Crippen LogP contribution < -0.4 is 10.6 Å². The summed E-state index contributed by atoms with van der Waals surface area (Å²) in [5.74, 6) is -1.24. The number of methoxy groups -OCH3 is 2. The lowest BCUT2D eigenvalue weighted by atomic mass is 9.74. The number of Topliss-reactive ketones (excluding diaryl/α,β-unsaturated/α-hetero) is 1. The fourth-order valence-electron chi connectivity index (χ4n) is 6.96. The SMILES string of the molecule is COCCN1CCN(c2ccc(C(N)=O)c([C@@H](C(=O)N3C[C@H](OC)[C@H]4OCC(=O)[C@H]43)C3CCCCC3)c2)CC1. The second-order valence-electron chi connectivity index (χ2n) is 11.3. The van der Waals surface area contributed by atoms with Crippen LogP contribution in [0.25, 0.3) is 0 Å². The van der Waals surface area contributed by atoms with Crippen molar-refractivity contribution in [2.75, 3.05) is 71.6 Å². The van der Waals surface area contributed by atoms with Crippen LogP contribution in [0.4, 0.5) is 5.69 Å². The van der Waals surface area contributed by atoms with E-state index in [9.17, 15) is 14.4 Å². The van der Waals surface area contributed by atoms with Gasteiger partial charge in [0.2, 0.25) is 11.8 Å². The standard InChI is InChI=1S/C29H42N4O6/c1-37-15-14-31-10-12-32(13-11-31)20-8-9-21(28(30)35)22(16-20)25(19-6-4-3-5-7-19)29(36)33-17-24(38-2)27-26(33)23(34)18-39-27/h8-9,16,19,24-27H,3-7,10-15,17-18H2,1-2H3,(H2,30,35)/t24-,25-,26+,27+/m0/s1. The first-order chi connectivity index (χ1) is 18.9. The van der Waals surface area contributed by atoms with Crippen LogP contribution in [-0.4, -0.2) is 112 Å². The van der Waals surface area contributed by atoms with Gasteiger partial charge in [0, 0.05) is 58.2 Å². The summed E-state index contributed by atoms with van der Waals surface area (Å²) in [4.78, 5) is 46.3. The largest absolute Gasteiger partial charge is 0.383 e. The van der Waals surface area contributed by atoms with Crippen molar-refractivity contribution in [1.29, 1.82) is 0 Å². The van der Waals surface area contributed by atoms with Crippen molar-refractivity contribution in [3.05, 3.63) is 29.3 Å². The van der Waals surface area contributed by atoms with Crippen molar-refractivity contribution in [2.24, 2.45) is 11.7 Å². The number of ether oxygens (including phenoxy) is 3. The van der Waals surface area contributed by atoms with E-state index in [0.29, 0.717) is 24.3 Å². The topological polar surface area (TPSA) is 115 Å². The van der Waals surface area contributed by atoms with Crippen LogP contribution in [0.1, 0.15) is 53.9 Å². The zero-order valence-electron chi connectivity index (χ0n) is 23.2. The van der Waals surface area contributed by atoms with Gasteiger partial charge in [-0.25, -0.2) is 0 Å². The Morgan fingerprint density at radius 3 is 2.51 bits per heavy atom. The number of likely N-dealkylation sites (tertiary alicyclic amines) is 1. The number of benzene rings is 1. The van der Waals surface area contributed by atoms with E-state index in [2.05, 4.69) is 9.80 Å². The molecule has 3 saturated heterocycles. The van der Waals surface area contributed by atoms with E-state index in [4.69, 9.17) is 19.9 Å². The molecule has 1 aromatic carbocycles. The first-order valence-electron chi connectivity index (χ1n) is 14.3. The highest BCUT2D eigenvalue weighted by molar-refractivity contribution is 5.99. The Hall–Kier alpha value is -2.53. The first-order valence-corrected chi connectivity index (χ1v) is 14.3. The molecule has 4 fully saturated rings. The van der Waals surface area contributed by atoms with Gasteiger partial charge < -0.3 is 29.7 Å². The smallest absolute Gasteiger partial charge is 0.249 e. The molecule has 1 aliphatic carbocycles. The molecule has 5 rings (SSSR count). The van der Waals surface area contributed by atoms with Crippen LogP contribution in [0, 0.1) is 5.92 Å². The lowest BCUT2D eigenvalue weighted by Crippen LogP contribution is -2.47. The molecule has 3 heterocycles. The predicted molar refractivity (Wildman–Crippen MR) is 146 cm³/mol. The van der Waals surface area contributed by atoms with E-state index < -0.39 is 24.0 Å². The third-order valence-corrected chi connectivity index (χ3v) is 9.10. The number of amides is 2. The normalized spacial score (nSPS) is 27.1. The molecule has 10 nitrogen and oxygen atoms in total. The van der Waals surface area contributed by atoms with Crippen LogP contribution >= 0.6 is 0 Å². The molecule has 0 bridgehead atoms. The Morgan fingerprint density at radius 2 is 1.85 bits per heavy atom. The number of ketones is 1. The zero-order chi connectivity index (χ0) is 27.5. The fraction of sp³-hybridized carbons (Fsp3) is 0.690. The number of carbonyl (C=O) groups is 3. The Labute approximate surface area is 230 Å². The lowest BCUT2D eigenvalue weighted by molar-refractivity contribution is -0.139. The minimum absolute atomic E-state index is 0.00848. The molecule has 10 heteroatoms. The molecule has 2 amide bonds. The van der Waals surface area contributed by atoms with E-state index in [1.54, 1.807) is 25.2 Å². The molecule has 1 aromatic rings. The number of primary amides is 1. The Balaban J connectivity index is 1.48. The summed E-state index contributed by atoms with van der Waals surface area (Å²) < 4.78 is 16.6. The molecule has 1 saturated carbocycles. The van der Waals surface area contributed by atoms with E-state index in [1.165, 1.54) is 0 Å². The molecule has 3 aliphatic heterocycles. The van der Waals surface area contributed by atoms with Crippen LogP contribution in [0.15, 0.2) is 18.2 Å². The lowest BCUT2D eigenvalue weighted by Gasteiger charge is -2.37. The second kappa shape index (κ2) is 12.3. The van der Waals surface area contributed by atoms with Crippen molar-refractivity contribution in [2.45, 2.75) is 56.3 Å². The van der Waals surface area contributed by atoms with Crippen LogP contribution in [0.3, 0.4) is 0 Å². The maximum absolute atomic E-state index is 14.5. The highest BCUT2D eigenvalue weighted by Crippen LogP contribution is 2.42. The molecule has 0 spiro atoms. The van der Waals surface area contributed by atoms with Gasteiger partial charge in [0.1, 0.15) is 24.9 Å². The number of nitrogens with zero attached hydrogens (tertiary/aromatic N) is 3. The summed E-state index contributed by atoms with van der Waals surface area (Å²) in [7, 11) is 3.31. The second-order valence-corrected chi connectivity index (χ2v) is 11.3. The van der Waals surface area contributed by atoms with Gasteiger partial charge >= 0.3 is 0 Å². The van der Waals surface area contributed by atoms with Crippen LogP contribution in [0.5, 0.6) is 0 Å². The number of fused-ring (bicyclic) bond motifs is 1. The average Bonchev–Trinajstić information content (AvgIpc) is 3.53. The number of nitrogens with two attached hydrogens (primary N) is 1. The van der Waals surface area contributed by atoms with Gasteiger partial charge in [-0.3, -0.25) is 19.3 Å². The first kappa shape index (κ1) is 28.0. The van der Waals surface area contributed by atoms with Crippen LogP contribution in [0.2, 0.25) is 0 Å². The molecule has 4 aliphatic rings. The van der Waals surface area contributed by atoms with E-state index in [1.807, 2.05) is 12.1 Å². The monoisotopic (exact) mass is 542 g/mol. The van der Waals surface area contributed by atoms with Gasteiger partial charge in [0.15, 0.2) is 5.78 Å². The molecule has 214 valence electrons. The molecule has 4 atom stereocenters. The molecule has 0 unspecified atom stereocenters. The van der Waals surface area contributed by atoms with Gasteiger partial charge in [-0.05, 0) is 42.5 Å². The molecule has 39 heavy (non-hydrogen) atoms. The number of piperazine rings is 1. The summed E-state index contributed by atoms with van der Waals surface area (Å²) in [6, 6.07) is 5.09. The van der Waals surface area contributed by atoms with Crippen molar-refractivity contribution < 1.29 is 28.6 Å². The average molecular weight is 543 g/mol. The fourth-order valence-corrected chi connectivity index (χ4v) is 6.96. The third kappa shape index (κ3) is 5.70. The summed E-state index contributed by atoms with van der Waals surface area (Å²) in [6.45, 7) is 5.42. The summed E-state index contributed by atoms with van der Waals surface area (Å²) in [6.07, 6.45) is 4.22. The van der Waals surface area contributed by atoms with Crippen molar-refractivity contribution in [1.82, 2.24) is 9.80 Å². The third-order valence-electron chi connectivity index (χ3n) is 9.10. The minimum Gasteiger partial charge on any atom is -0.383 e. The summed E-state index contributed by atoms with van der Waals surface area (Å²) >= 11 is 0. The van der Waals surface area contributed by atoms with Crippen LogP contribution in [-0.2, 0) is 23.8 Å². The van der Waals surface area contributed by atoms with E-state index in [-0.39, 0.29) is 30.3 Å². The highest BCUT2D eigenvalue weighted by Gasteiger charge is 2.54. The van der Waals surface area contributed by atoms with Gasteiger partial charge in [-0.15, -0.1) is 0 Å². The number of hydrogen-bond acceptors (Lipinski definition) is 8.